The van der Waals surface area contributed by atoms with Crippen LogP contribution in [0.2, 0.25) is 0 Å². The summed E-state index contributed by atoms with van der Waals surface area (Å²) in [6.45, 7) is -0.00347. The maximum atomic E-state index is 11.7. The van der Waals surface area contributed by atoms with Crippen molar-refractivity contribution in [2.45, 2.75) is 19.3 Å². The van der Waals surface area contributed by atoms with Gasteiger partial charge in [-0.1, -0.05) is 0 Å². The van der Waals surface area contributed by atoms with Gasteiger partial charge in [0, 0.05) is 0 Å². The number of aliphatic carboxylic acids is 1. The largest absolute Gasteiger partial charge is 0.496 e. The van der Waals surface area contributed by atoms with E-state index in [0.717, 1.165) is 19.3 Å². The number of ketones is 1. The van der Waals surface area contributed by atoms with E-state index in [9.17, 15) is 9.59 Å². The molecule has 14 heavy (non-hydrogen) atoms. The summed E-state index contributed by atoms with van der Waals surface area (Å²) < 4.78 is 5.29. The van der Waals surface area contributed by atoms with Gasteiger partial charge in [0.1, 0.15) is 18.3 Å². The molecule has 2 atom stereocenters. The van der Waals surface area contributed by atoms with Crippen LogP contribution in [0.3, 0.4) is 0 Å². The molecule has 0 aromatic heterocycles. The van der Waals surface area contributed by atoms with Crippen LogP contribution in [0.5, 0.6) is 0 Å². The number of ether oxygens (including phenoxy) is 1. The zero-order valence-electron chi connectivity index (χ0n) is 7.73. The summed E-state index contributed by atoms with van der Waals surface area (Å²) in [4.78, 5) is 22.4. The Morgan fingerprint density at radius 3 is 3.07 bits per heavy atom. The van der Waals surface area contributed by atoms with Gasteiger partial charge in [-0.3, -0.25) is 9.59 Å². The maximum absolute atomic E-state index is 11.7. The molecular formula is C10H12O4. The molecule has 0 bridgehead atoms. The fourth-order valence-corrected chi connectivity index (χ4v) is 1.99. The SMILES string of the molecule is O=C(O)C1COC2=CCCCC2C1=O. The summed E-state index contributed by atoms with van der Waals surface area (Å²) in [7, 11) is 0. The van der Waals surface area contributed by atoms with Gasteiger partial charge in [0.25, 0.3) is 0 Å². The zero-order valence-corrected chi connectivity index (χ0v) is 7.73. The van der Waals surface area contributed by atoms with E-state index in [-0.39, 0.29) is 18.3 Å². The lowest BCUT2D eigenvalue weighted by Crippen LogP contribution is -2.40. The molecule has 1 fully saturated rings. The Kier molecular flexibility index (Phi) is 2.27. The third-order valence-electron chi connectivity index (χ3n) is 2.79. The Bertz CT molecular complexity index is 305. The van der Waals surface area contributed by atoms with Crippen LogP contribution in [-0.2, 0) is 14.3 Å². The van der Waals surface area contributed by atoms with Crippen LogP contribution >= 0.6 is 0 Å². The van der Waals surface area contributed by atoms with Crippen LogP contribution in [0, 0.1) is 11.8 Å². The van der Waals surface area contributed by atoms with Crippen molar-refractivity contribution in [2.75, 3.05) is 6.61 Å². The molecule has 0 spiro atoms. The number of carbonyl (C=O) groups is 2. The van der Waals surface area contributed by atoms with Crippen molar-refractivity contribution in [1.82, 2.24) is 0 Å². The van der Waals surface area contributed by atoms with Gasteiger partial charge >= 0.3 is 5.97 Å². The van der Waals surface area contributed by atoms with Gasteiger partial charge < -0.3 is 9.84 Å². The summed E-state index contributed by atoms with van der Waals surface area (Å²) in [6, 6.07) is 0. The first kappa shape index (κ1) is 9.24. The van der Waals surface area contributed by atoms with Gasteiger partial charge in [-0.05, 0) is 25.3 Å². The van der Waals surface area contributed by atoms with E-state index in [0.29, 0.717) is 5.76 Å². The second-order valence-electron chi connectivity index (χ2n) is 3.69. The quantitative estimate of drug-likeness (QED) is 0.635. The fraction of sp³-hybridized carbons (Fsp3) is 0.600. The molecule has 1 heterocycles. The zero-order chi connectivity index (χ0) is 10.1. The molecule has 4 nitrogen and oxygen atoms in total. The lowest BCUT2D eigenvalue weighted by Gasteiger charge is -2.30. The van der Waals surface area contributed by atoms with Crippen molar-refractivity contribution in [3.05, 3.63) is 11.8 Å². The van der Waals surface area contributed by atoms with Crippen LogP contribution in [0.4, 0.5) is 0 Å². The summed E-state index contributed by atoms with van der Waals surface area (Å²) in [5.74, 6) is -1.82. The van der Waals surface area contributed by atoms with Crippen LogP contribution in [0.25, 0.3) is 0 Å². The third-order valence-corrected chi connectivity index (χ3v) is 2.79. The number of hydrogen-bond donors (Lipinski definition) is 1. The number of carboxylic acid groups (broad SMARTS) is 1. The van der Waals surface area contributed by atoms with Gasteiger partial charge in [-0.15, -0.1) is 0 Å². The third kappa shape index (κ3) is 1.41. The average Bonchev–Trinajstić information content (AvgIpc) is 2.18. The normalized spacial score (nSPS) is 31.4. The minimum atomic E-state index is -1.07. The predicted molar refractivity (Wildman–Crippen MR) is 47.5 cm³/mol. The molecule has 0 radical (unpaired) electrons. The van der Waals surface area contributed by atoms with Gasteiger partial charge in [-0.25, -0.2) is 0 Å². The van der Waals surface area contributed by atoms with Crippen molar-refractivity contribution >= 4 is 11.8 Å². The second-order valence-corrected chi connectivity index (χ2v) is 3.69. The minimum Gasteiger partial charge on any atom is -0.496 e. The van der Waals surface area contributed by atoms with E-state index in [1.807, 2.05) is 6.08 Å². The Hall–Kier alpha value is -1.32. The number of rotatable bonds is 1. The number of carboxylic acids is 1. The number of Topliss-reactive ketones (excluding diaryl/α,β-unsaturated/α-hetero) is 1. The first-order chi connectivity index (χ1) is 6.70. The number of allylic oxidation sites excluding steroid dienone is 2. The summed E-state index contributed by atoms with van der Waals surface area (Å²) >= 11 is 0. The highest BCUT2D eigenvalue weighted by atomic mass is 16.5. The van der Waals surface area contributed by atoms with Crippen molar-refractivity contribution in [3.8, 4) is 0 Å². The first-order valence-electron chi connectivity index (χ1n) is 4.79. The number of carbonyl (C=O) groups excluding carboxylic acids is 1. The molecule has 0 amide bonds. The smallest absolute Gasteiger partial charge is 0.317 e. The van der Waals surface area contributed by atoms with E-state index < -0.39 is 11.9 Å². The molecule has 76 valence electrons. The predicted octanol–water partition coefficient (Wildman–Crippen LogP) is 0.971. The molecule has 1 aliphatic carbocycles. The summed E-state index contributed by atoms with van der Waals surface area (Å²) in [5.41, 5.74) is 0. The first-order valence-corrected chi connectivity index (χ1v) is 4.79. The molecular weight excluding hydrogens is 184 g/mol. The van der Waals surface area contributed by atoms with E-state index in [2.05, 4.69) is 0 Å². The lowest BCUT2D eigenvalue weighted by atomic mass is 9.82. The second kappa shape index (κ2) is 3.44. The molecule has 2 rings (SSSR count). The van der Waals surface area contributed by atoms with E-state index in [1.165, 1.54) is 0 Å². The molecule has 2 aliphatic rings. The minimum absolute atomic E-state index is 0.00347. The number of fused-ring (bicyclic) bond motifs is 1. The fourth-order valence-electron chi connectivity index (χ4n) is 1.99. The highest BCUT2D eigenvalue weighted by Crippen LogP contribution is 2.32. The Labute approximate surface area is 81.6 Å². The average molecular weight is 196 g/mol. The topological polar surface area (TPSA) is 63.6 Å². The molecule has 0 saturated carbocycles. The maximum Gasteiger partial charge on any atom is 0.317 e. The Balaban J connectivity index is 2.20. The Morgan fingerprint density at radius 1 is 1.57 bits per heavy atom. The van der Waals surface area contributed by atoms with E-state index in [4.69, 9.17) is 9.84 Å². The van der Waals surface area contributed by atoms with E-state index in [1.54, 1.807) is 0 Å². The molecule has 1 aliphatic heterocycles. The van der Waals surface area contributed by atoms with Crippen molar-refractivity contribution in [2.24, 2.45) is 11.8 Å². The van der Waals surface area contributed by atoms with Crippen molar-refractivity contribution in [3.63, 3.8) is 0 Å². The molecule has 1 saturated heterocycles. The van der Waals surface area contributed by atoms with Crippen LogP contribution in [-0.4, -0.2) is 23.5 Å². The molecule has 0 aromatic carbocycles. The van der Waals surface area contributed by atoms with Gasteiger partial charge in [0.15, 0.2) is 5.78 Å². The highest BCUT2D eigenvalue weighted by molar-refractivity contribution is 6.01. The van der Waals surface area contributed by atoms with Crippen molar-refractivity contribution in [1.29, 1.82) is 0 Å². The van der Waals surface area contributed by atoms with Crippen LogP contribution < -0.4 is 0 Å². The summed E-state index contributed by atoms with van der Waals surface area (Å²) in [5, 5.41) is 8.78. The number of hydrogen-bond acceptors (Lipinski definition) is 3. The van der Waals surface area contributed by atoms with Gasteiger partial charge in [0.05, 0.1) is 5.92 Å². The standard InChI is InChI=1S/C10H12O4/c11-9-6-3-1-2-4-8(6)14-5-7(9)10(12)13/h4,6-7H,1-3,5H2,(H,12,13). The molecule has 4 heteroatoms. The highest BCUT2D eigenvalue weighted by Gasteiger charge is 2.40. The van der Waals surface area contributed by atoms with Gasteiger partial charge in [0.2, 0.25) is 0 Å². The lowest BCUT2D eigenvalue weighted by molar-refractivity contribution is -0.152. The molecule has 2 unspecified atom stereocenters. The Morgan fingerprint density at radius 2 is 2.36 bits per heavy atom. The molecule has 1 N–H and O–H groups in total. The van der Waals surface area contributed by atoms with Crippen LogP contribution in [0.1, 0.15) is 19.3 Å². The van der Waals surface area contributed by atoms with Gasteiger partial charge in [-0.2, -0.15) is 0 Å². The van der Waals surface area contributed by atoms with E-state index >= 15 is 0 Å². The molecule has 0 aromatic rings. The van der Waals surface area contributed by atoms with Crippen molar-refractivity contribution < 1.29 is 19.4 Å². The monoisotopic (exact) mass is 196 g/mol. The van der Waals surface area contributed by atoms with Crippen LogP contribution in [0.15, 0.2) is 11.8 Å². The summed E-state index contributed by atoms with van der Waals surface area (Å²) in [6.07, 6.45) is 4.51.